The zero-order chi connectivity index (χ0) is 41.2. The van der Waals surface area contributed by atoms with E-state index in [4.69, 9.17) is 0 Å². The molecular formula is C40H37F5N6O5S. The van der Waals surface area contributed by atoms with Crippen LogP contribution in [0.3, 0.4) is 0 Å². The van der Waals surface area contributed by atoms with Crippen LogP contribution in [0.25, 0.3) is 23.1 Å². The van der Waals surface area contributed by atoms with Crippen LogP contribution in [0, 0.1) is 29.1 Å². The van der Waals surface area contributed by atoms with Crippen molar-refractivity contribution in [2.24, 2.45) is 0 Å². The highest BCUT2D eigenvalue weighted by molar-refractivity contribution is 7.99. The molecule has 57 heavy (non-hydrogen) atoms. The third-order valence-electron chi connectivity index (χ3n) is 8.60. The van der Waals surface area contributed by atoms with E-state index in [-0.39, 0.29) is 25.4 Å². The molecule has 0 radical (unpaired) electrons. The molecule has 11 nitrogen and oxygen atoms in total. The lowest BCUT2D eigenvalue weighted by molar-refractivity contribution is -0.135. The number of pyridine rings is 1. The van der Waals surface area contributed by atoms with Crippen molar-refractivity contribution in [3.05, 3.63) is 113 Å². The number of ether oxygens (including phenoxy) is 1. The van der Waals surface area contributed by atoms with Crippen molar-refractivity contribution >= 4 is 58.6 Å². The number of fused-ring (bicyclic) bond motifs is 1. The van der Waals surface area contributed by atoms with Gasteiger partial charge >= 0.3 is 12.0 Å². The summed E-state index contributed by atoms with van der Waals surface area (Å²) in [4.78, 5) is 58.8. The molecule has 17 heteroatoms. The fourth-order valence-corrected chi connectivity index (χ4v) is 6.65. The molecular weight excluding hydrogens is 772 g/mol. The minimum Gasteiger partial charge on any atom is -0.420 e. The van der Waals surface area contributed by atoms with Gasteiger partial charge < -0.3 is 20.3 Å². The number of nitrogens with zero attached hydrogens (tertiary/aromatic N) is 4. The number of hydrogen-bond donors (Lipinski definition) is 2. The molecule has 5 rings (SSSR count). The van der Waals surface area contributed by atoms with Crippen LogP contribution in [0.15, 0.2) is 76.7 Å². The number of carbonyl (C=O) groups is 4. The SMILES string of the molecule is CCN(CC(=O)NC(C)CCCCC(=O)Oc1c(F)c(F)c(F)c(F)c1F)C(=O)n1nc(/C=C/c2ccccn2)c2ccc(Sc3ccccc3C(=O)NC)cc21. The molecule has 2 heterocycles. The summed E-state index contributed by atoms with van der Waals surface area (Å²) in [5, 5.41) is 10.7. The highest BCUT2D eigenvalue weighted by Crippen LogP contribution is 2.34. The third kappa shape index (κ3) is 10.2. The minimum absolute atomic E-state index is 0.120. The zero-order valence-electron chi connectivity index (χ0n) is 31.0. The third-order valence-corrected chi connectivity index (χ3v) is 9.66. The molecule has 0 aliphatic rings. The van der Waals surface area contributed by atoms with Gasteiger partial charge in [0, 0.05) is 47.4 Å². The van der Waals surface area contributed by atoms with Crippen molar-refractivity contribution in [1.82, 2.24) is 30.3 Å². The predicted molar refractivity (Wildman–Crippen MR) is 203 cm³/mol. The quantitative estimate of drug-likeness (QED) is 0.0274. The number of rotatable bonds is 15. The number of carbonyl (C=O) groups excluding carboxylic acids is 4. The van der Waals surface area contributed by atoms with E-state index in [1.807, 2.05) is 36.4 Å². The van der Waals surface area contributed by atoms with Crippen molar-refractivity contribution < 1.29 is 45.9 Å². The summed E-state index contributed by atoms with van der Waals surface area (Å²) >= 11 is 1.34. The van der Waals surface area contributed by atoms with Crippen molar-refractivity contribution in [3.8, 4) is 5.75 Å². The molecule has 1 atom stereocenters. The van der Waals surface area contributed by atoms with E-state index in [0.29, 0.717) is 45.6 Å². The van der Waals surface area contributed by atoms with Gasteiger partial charge in [0.15, 0.2) is 0 Å². The highest BCUT2D eigenvalue weighted by atomic mass is 32.2. The van der Waals surface area contributed by atoms with Crippen molar-refractivity contribution in [2.75, 3.05) is 20.1 Å². The van der Waals surface area contributed by atoms with E-state index in [1.165, 1.54) is 21.3 Å². The van der Waals surface area contributed by atoms with E-state index in [0.717, 1.165) is 4.90 Å². The predicted octanol–water partition coefficient (Wildman–Crippen LogP) is 7.77. The van der Waals surface area contributed by atoms with Crippen LogP contribution >= 0.6 is 11.8 Å². The summed E-state index contributed by atoms with van der Waals surface area (Å²) in [6.45, 7) is 3.25. The summed E-state index contributed by atoms with van der Waals surface area (Å²) in [6.07, 6.45) is 5.56. The van der Waals surface area contributed by atoms with Gasteiger partial charge in [0.2, 0.25) is 40.7 Å². The molecule has 2 N–H and O–H groups in total. The fourth-order valence-electron chi connectivity index (χ4n) is 5.67. The first kappa shape index (κ1) is 42.1. The molecule has 0 spiro atoms. The molecule has 5 aromatic rings. The molecule has 3 aromatic carbocycles. The Hall–Kier alpha value is -6.10. The fraction of sp³-hybridized carbons (Fsp3) is 0.250. The minimum atomic E-state index is -2.37. The van der Waals surface area contributed by atoms with E-state index < -0.39 is 65.2 Å². The topological polar surface area (TPSA) is 136 Å². The average molecular weight is 809 g/mol. The molecule has 0 fully saturated rings. The smallest absolute Gasteiger partial charge is 0.345 e. The Labute approximate surface area is 328 Å². The Morgan fingerprint density at radius 1 is 0.912 bits per heavy atom. The zero-order valence-corrected chi connectivity index (χ0v) is 31.8. The summed E-state index contributed by atoms with van der Waals surface area (Å²) in [5.74, 6) is -14.9. The number of hydrogen-bond acceptors (Lipinski definition) is 8. The first-order valence-corrected chi connectivity index (χ1v) is 18.6. The second-order valence-corrected chi connectivity index (χ2v) is 13.7. The van der Waals surface area contributed by atoms with Crippen LogP contribution in [0.1, 0.15) is 61.3 Å². The largest absolute Gasteiger partial charge is 0.420 e. The maximum Gasteiger partial charge on any atom is 0.345 e. The monoisotopic (exact) mass is 808 g/mol. The summed E-state index contributed by atoms with van der Waals surface area (Å²) < 4.78 is 73.5. The van der Waals surface area contributed by atoms with Gasteiger partial charge in [-0.15, -0.1) is 0 Å². The first-order valence-electron chi connectivity index (χ1n) is 17.7. The van der Waals surface area contributed by atoms with Crippen molar-refractivity contribution in [3.63, 3.8) is 0 Å². The number of halogens is 5. The number of nitrogens with one attached hydrogen (secondary N) is 2. The second kappa shape index (κ2) is 19.2. The lowest BCUT2D eigenvalue weighted by Gasteiger charge is -2.22. The summed E-state index contributed by atoms with van der Waals surface area (Å²) in [6, 6.07) is 17.1. The average Bonchev–Trinajstić information content (AvgIpc) is 3.58. The van der Waals surface area contributed by atoms with Crippen LogP contribution < -0.4 is 15.4 Å². The number of aromatic nitrogens is 3. The molecule has 3 amide bonds. The van der Waals surface area contributed by atoms with Crippen molar-refractivity contribution in [1.29, 1.82) is 0 Å². The highest BCUT2D eigenvalue weighted by Gasteiger charge is 2.29. The van der Waals surface area contributed by atoms with Gasteiger partial charge in [0.05, 0.1) is 22.5 Å². The Morgan fingerprint density at radius 2 is 1.61 bits per heavy atom. The summed E-state index contributed by atoms with van der Waals surface area (Å²) in [7, 11) is 1.55. The van der Waals surface area contributed by atoms with Gasteiger partial charge in [-0.05, 0) is 81.3 Å². The number of amides is 3. The second-order valence-electron chi connectivity index (χ2n) is 12.6. The van der Waals surface area contributed by atoms with Crippen LogP contribution in [-0.2, 0) is 9.59 Å². The van der Waals surface area contributed by atoms with E-state index >= 15 is 0 Å². The van der Waals surface area contributed by atoms with Gasteiger partial charge in [-0.2, -0.15) is 18.6 Å². The van der Waals surface area contributed by atoms with E-state index in [1.54, 1.807) is 63.5 Å². The van der Waals surface area contributed by atoms with Gasteiger partial charge in [-0.3, -0.25) is 19.4 Å². The summed E-state index contributed by atoms with van der Waals surface area (Å²) in [5.41, 5.74) is 2.11. The van der Waals surface area contributed by atoms with Gasteiger partial charge in [0.1, 0.15) is 6.54 Å². The lowest BCUT2D eigenvalue weighted by atomic mass is 10.1. The Bertz CT molecular complexity index is 2290. The molecule has 0 aliphatic heterocycles. The number of benzene rings is 3. The molecule has 0 aliphatic carbocycles. The molecule has 0 saturated heterocycles. The van der Waals surface area contributed by atoms with E-state index in [2.05, 4.69) is 25.5 Å². The Balaban J connectivity index is 1.25. The van der Waals surface area contributed by atoms with E-state index in [9.17, 15) is 41.1 Å². The van der Waals surface area contributed by atoms with Crippen LogP contribution in [0.4, 0.5) is 26.7 Å². The van der Waals surface area contributed by atoms with Gasteiger partial charge in [-0.1, -0.05) is 36.4 Å². The number of likely N-dealkylation sites (N-methyl/N-ethyl adjacent to an activating group) is 1. The van der Waals surface area contributed by atoms with Crippen molar-refractivity contribution in [2.45, 2.75) is 55.4 Å². The standard InChI is InChI=1S/C40H37F5N6O5S/c1-4-50(22-31(52)48-23(2)11-5-8-15-32(53)56-38-36(44)34(42)33(41)35(43)37(38)45)40(55)51-29-21-25(57-30-14-7-6-13-27(30)39(54)46-3)17-18-26(29)28(49-51)19-16-24-12-9-10-20-47-24/h6-7,9-10,12-14,16-21,23H,4-5,8,11,15,22H2,1-3H3,(H,46,54)(H,48,52)/b19-16+. The molecule has 0 bridgehead atoms. The molecule has 1 unspecified atom stereocenters. The number of esters is 1. The molecule has 0 saturated carbocycles. The van der Waals surface area contributed by atoms with Crippen LogP contribution in [-0.4, -0.2) is 69.7 Å². The Morgan fingerprint density at radius 3 is 2.30 bits per heavy atom. The number of unbranched alkanes of at least 4 members (excludes halogenated alkanes) is 1. The van der Waals surface area contributed by atoms with Crippen LogP contribution in [0.2, 0.25) is 0 Å². The Kier molecular flexibility index (Phi) is 14.1. The first-order chi connectivity index (χ1) is 27.3. The normalized spacial score (nSPS) is 11.8. The molecule has 2 aromatic heterocycles. The lowest BCUT2D eigenvalue weighted by Crippen LogP contribution is -2.45. The molecule has 298 valence electrons. The maximum absolute atomic E-state index is 14.1. The van der Waals surface area contributed by atoms with Gasteiger partial charge in [0.25, 0.3) is 5.91 Å². The van der Waals surface area contributed by atoms with Gasteiger partial charge in [-0.25, -0.2) is 18.0 Å². The van der Waals surface area contributed by atoms with Crippen LogP contribution in [0.5, 0.6) is 5.75 Å². The maximum atomic E-state index is 14.1.